The molecule has 0 aliphatic heterocycles. The number of benzene rings is 2. The molecule has 3 nitrogen and oxygen atoms in total. The summed E-state index contributed by atoms with van der Waals surface area (Å²) in [6.07, 6.45) is 0.836. The lowest BCUT2D eigenvalue weighted by Crippen LogP contribution is -2.10. The predicted molar refractivity (Wildman–Crippen MR) is 85.3 cm³/mol. The molecule has 0 saturated carbocycles. The Labute approximate surface area is 124 Å². The van der Waals surface area contributed by atoms with Crippen molar-refractivity contribution in [2.45, 2.75) is 20.3 Å². The van der Waals surface area contributed by atoms with Gasteiger partial charge in [-0.1, -0.05) is 43.3 Å². The van der Waals surface area contributed by atoms with Crippen molar-refractivity contribution in [1.82, 2.24) is 4.98 Å². The van der Waals surface area contributed by atoms with Crippen LogP contribution >= 0.6 is 0 Å². The highest BCUT2D eigenvalue weighted by molar-refractivity contribution is 5.74. The Morgan fingerprint density at radius 2 is 1.43 bits per heavy atom. The van der Waals surface area contributed by atoms with Crippen LogP contribution in [0.4, 0.5) is 17.3 Å². The highest BCUT2D eigenvalue weighted by Gasteiger charge is 2.20. The van der Waals surface area contributed by atoms with Crippen LogP contribution in [0.2, 0.25) is 0 Å². The maximum atomic E-state index is 5.89. The van der Waals surface area contributed by atoms with E-state index in [4.69, 9.17) is 4.42 Å². The maximum absolute atomic E-state index is 5.89. The van der Waals surface area contributed by atoms with Crippen LogP contribution in [0.5, 0.6) is 0 Å². The molecule has 0 amide bonds. The van der Waals surface area contributed by atoms with Crippen molar-refractivity contribution in [2.24, 2.45) is 0 Å². The highest BCUT2D eigenvalue weighted by atomic mass is 16.4. The first-order valence-electron chi connectivity index (χ1n) is 7.16. The summed E-state index contributed by atoms with van der Waals surface area (Å²) in [5, 5.41) is 0. The van der Waals surface area contributed by atoms with E-state index in [1.807, 2.05) is 43.3 Å². The van der Waals surface area contributed by atoms with Crippen molar-refractivity contribution in [2.75, 3.05) is 4.90 Å². The van der Waals surface area contributed by atoms with E-state index in [9.17, 15) is 0 Å². The summed E-state index contributed by atoms with van der Waals surface area (Å²) in [6, 6.07) is 20.4. The van der Waals surface area contributed by atoms with Gasteiger partial charge in [-0.25, -0.2) is 4.98 Å². The van der Waals surface area contributed by atoms with Gasteiger partial charge in [0.25, 0.3) is 0 Å². The lowest BCUT2D eigenvalue weighted by molar-refractivity contribution is 0.528. The molecular weight excluding hydrogens is 260 g/mol. The van der Waals surface area contributed by atoms with Gasteiger partial charge in [-0.2, -0.15) is 0 Å². The summed E-state index contributed by atoms with van der Waals surface area (Å²) < 4.78 is 5.89. The highest BCUT2D eigenvalue weighted by Crippen LogP contribution is 2.36. The van der Waals surface area contributed by atoms with Gasteiger partial charge in [0.2, 0.25) is 5.88 Å². The fourth-order valence-corrected chi connectivity index (χ4v) is 2.40. The molecule has 1 aromatic heterocycles. The fraction of sp³-hybridized carbons (Fsp3) is 0.167. The molecule has 3 aromatic rings. The number of rotatable bonds is 4. The van der Waals surface area contributed by atoms with E-state index < -0.39 is 0 Å². The summed E-state index contributed by atoms with van der Waals surface area (Å²) in [7, 11) is 0. The molecule has 0 bridgehead atoms. The summed E-state index contributed by atoms with van der Waals surface area (Å²) >= 11 is 0. The number of nitrogens with zero attached hydrogens (tertiary/aromatic N) is 2. The third-order valence-electron chi connectivity index (χ3n) is 3.35. The van der Waals surface area contributed by atoms with E-state index in [1.165, 1.54) is 0 Å². The van der Waals surface area contributed by atoms with Gasteiger partial charge in [0.15, 0.2) is 5.89 Å². The van der Waals surface area contributed by atoms with Gasteiger partial charge >= 0.3 is 0 Å². The van der Waals surface area contributed by atoms with Crippen LogP contribution in [0.1, 0.15) is 18.5 Å². The molecular formula is C18H18N2O. The lowest BCUT2D eigenvalue weighted by atomic mass is 10.2. The molecule has 0 aliphatic rings. The molecule has 106 valence electrons. The quantitative estimate of drug-likeness (QED) is 0.671. The molecule has 0 aliphatic carbocycles. The number of anilines is 3. The minimum Gasteiger partial charge on any atom is -0.424 e. The Morgan fingerprint density at radius 1 is 0.905 bits per heavy atom. The van der Waals surface area contributed by atoms with Crippen molar-refractivity contribution < 1.29 is 4.42 Å². The third kappa shape index (κ3) is 2.68. The van der Waals surface area contributed by atoms with Crippen LogP contribution in [0.25, 0.3) is 0 Å². The van der Waals surface area contributed by atoms with Crippen molar-refractivity contribution in [3.63, 3.8) is 0 Å². The van der Waals surface area contributed by atoms with Crippen LogP contribution in [-0.2, 0) is 6.42 Å². The Bertz CT molecular complexity index is 665. The average molecular weight is 278 g/mol. The zero-order valence-corrected chi connectivity index (χ0v) is 12.3. The van der Waals surface area contributed by atoms with E-state index in [1.54, 1.807) is 0 Å². The van der Waals surface area contributed by atoms with Crippen LogP contribution < -0.4 is 4.90 Å². The Hall–Kier alpha value is -2.55. The van der Waals surface area contributed by atoms with Crippen molar-refractivity contribution >= 4 is 17.3 Å². The SMILES string of the molecule is CCc1nc(C)oc1N(c1ccccc1)c1ccccc1. The van der Waals surface area contributed by atoms with Gasteiger partial charge in [-0.3, -0.25) is 4.90 Å². The largest absolute Gasteiger partial charge is 0.424 e. The normalized spacial score (nSPS) is 10.6. The predicted octanol–water partition coefficient (Wildman–Crippen LogP) is 5.02. The number of hydrogen-bond donors (Lipinski definition) is 0. The Balaban J connectivity index is 2.17. The lowest BCUT2D eigenvalue weighted by Gasteiger charge is -2.22. The van der Waals surface area contributed by atoms with Crippen LogP contribution in [0.3, 0.4) is 0 Å². The minimum absolute atomic E-state index is 0.693. The second-order valence-electron chi connectivity index (χ2n) is 4.84. The van der Waals surface area contributed by atoms with Crippen LogP contribution in [0, 0.1) is 6.92 Å². The van der Waals surface area contributed by atoms with E-state index in [-0.39, 0.29) is 0 Å². The average Bonchev–Trinajstić information content (AvgIpc) is 2.90. The van der Waals surface area contributed by atoms with Gasteiger partial charge in [0.1, 0.15) is 5.69 Å². The monoisotopic (exact) mass is 278 g/mol. The summed E-state index contributed by atoms with van der Waals surface area (Å²) in [4.78, 5) is 6.60. The number of aromatic nitrogens is 1. The zero-order valence-electron chi connectivity index (χ0n) is 12.3. The van der Waals surface area contributed by atoms with E-state index in [0.29, 0.717) is 5.89 Å². The van der Waals surface area contributed by atoms with Crippen molar-refractivity contribution in [3.8, 4) is 0 Å². The van der Waals surface area contributed by atoms with Crippen molar-refractivity contribution in [1.29, 1.82) is 0 Å². The first-order valence-corrected chi connectivity index (χ1v) is 7.16. The second kappa shape index (κ2) is 5.83. The molecule has 21 heavy (non-hydrogen) atoms. The molecule has 0 atom stereocenters. The summed E-state index contributed by atoms with van der Waals surface area (Å²) in [5.74, 6) is 1.49. The number of oxazole rings is 1. The Morgan fingerprint density at radius 3 is 1.90 bits per heavy atom. The number of aryl methyl sites for hydroxylation is 2. The van der Waals surface area contributed by atoms with Gasteiger partial charge in [-0.05, 0) is 30.7 Å². The Kier molecular flexibility index (Phi) is 3.73. The second-order valence-corrected chi connectivity index (χ2v) is 4.84. The topological polar surface area (TPSA) is 29.3 Å². The standard InChI is InChI=1S/C18H18N2O/c1-3-17-18(21-14(2)19-17)20(15-10-6-4-7-11-15)16-12-8-5-9-13-16/h4-13H,3H2,1-2H3. The van der Waals surface area contributed by atoms with Crippen LogP contribution in [0.15, 0.2) is 65.1 Å². The number of para-hydroxylation sites is 2. The van der Waals surface area contributed by atoms with Gasteiger partial charge < -0.3 is 4.42 Å². The molecule has 0 fully saturated rings. The molecule has 0 spiro atoms. The van der Waals surface area contributed by atoms with Gasteiger partial charge in [0, 0.05) is 18.3 Å². The van der Waals surface area contributed by atoms with E-state index in [2.05, 4.69) is 41.1 Å². The number of hydrogen-bond acceptors (Lipinski definition) is 3. The molecule has 0 N–H and O–H groups in total. The van der Waals surface area contributed by atoms with E-state index in [0.717, 1.165) is 29.4 Å². The van der Waals surface area contributed by atoms with Gasteiger partial charge in [0.05, 0.1) is 0 Å². The molecule has 0 saturated heterocycles. The minimum atomic E-state index is 0.693. The third-order valence-corrected chi connectivity index (χ3v) is 3.35. The molecule has 3 heteroatoms. The molecule has 0 radical (unpaired) electrons. The summed E-state index contributed by atoms with van der Waals surface area (Å²) in [5.41, 5.74) is 3.10. The molecule has 1 heterocycles. The first kappa shape index (κ1) is 13.4. The van der Waals surface area contributed by atoms with Gasteiger partial charge in [-0.15, -0.1) is 0 Å². The molecule has 3 rings (SSSR count). The fourth-order valence-electron chi connectivity index (χ4n) is 2.40. The maximum Gasteiger partial charge on any atom is 0.228 e. The van der Waals surface area contributed by atoms with Crippen molar-refractivity contribution in [3.05, 3.63) is 72.2 Å². The van der Waals surface area contributed by atoms with Crippen LogP contribution in [-0.4, -0.2) is 4.98 Å². The first-order chi connectivity index (χ1) is 10.3. The summed E-state index contributed by atoms with van der Waals surface area (Å²) in [6.45, 7) is 3.98. The molecule has 2 aromatic carbocycles. The van der Waals surface area contributed by atoms with E-state index >= 15 is 0 Å². The zero-order chi connectivity index (χ0) is 14.7. The smallest absolute Gasteiger partial charge is 0.228 e. The molecule has 0 unspecified atom stereocenters.